The molecule has 1 fully saturated rings. The number of amides is 1. The Labute approximate surface area is 134 Å². The maximum atomic E-state index is 11.9. The zero-order valence-corrected chi connectivity index (χ0v) is 12.9. The van der Waals surface area contributed by atoms with Gasteiger partial charge in [0.15, 0.2) is 0 Å². The van der Waals surface area contributed by atoms with E-state index in [2.05, 4.69) is 17.5 Å². The van der Waals surface area contributed by atoms with E-state index in [0.717, 1.165) is 48.2 Å². The number of rotatable bonds is 1. The molecule has 1 aromatic heterocycles. The molecule has 1 N–H and O–H groups in total. The van der Waals surface area contributed by atoms with E-state index in [-0.39, 0.29) is 6.09 Å². The number of anilines is 1. The Hall–Kier alpha value is -2.74. The highest BCUT2D eigenvalue weighted by Gasteiger charge is 2.44. The van der Waals surface area contributed by atoms with Gasteiger partial charge in [0.25, 0.3) is 0 Å². The molecule has 1 aromatic carbocycles. The summed E-state index contributed by atoms with van der Waals surface area (Å²) in [7, 11) is 1.89. The minimum atomic E-state index is -0.489. The van der Waals surface area contributed by atoms with E-state index >= 15 is 0 Å². The Morgan fingerprint density at radius 3 is 2.74 bits per heavy atom. The predicted octanol–water partition coefficient (Wildman–Crippen LogP) is 3.90. The molecule has 116 valence electrons. The molecule has 5 nitrogen and oxygen atoms in total. The highest BCUT2D eigenvalue weighted by molar-refractivity contribution is 5.89. The van der Waals surface area contributed by atoms with Crippen LogP contribution in [0.25, 0.3) is 11.3 Å². The Morgan fingerprint density at radius 2 is 2.04 bits per heavy atom. The molecule has 1 saturated carbocycles. The fourth-order valence-electron chi connectivity index (χ4n) is 3.79. The Kier molecular flexibility index (Phi) is 2.95. The Bertz CT molecular complexity index is 838. The van der Waals surface area contributed by atoms with Crippen molar-refractivity contribution in [1.29, 1.82) is 5.26 Å². The van der Waals surface area contributed by atoms with Crippen LogP contribution < -0.4 is 5.32 Å². The highest BCUT2D eigenvalue weighted by Crippen LogP contribution is 2.48. The van der Waals surface area contributed by atoms with Crippen molar-refractivity contribution in [2.24, 2.45) is 7.05 Å². The minimum absolute atomic E-state index is 0.363. The van der Waals surface area contributed by atoms with Crippen molar-refractivity contribution in [2.45, 2.75) is 31.3 Å². The van der Waals surface area contributed by atoms with Gasteiger partial charge < -0.3 is 9.30 Å². The molecule has 0 unspecified atom stereocenters. The van der Waals surface area contributed by atoms with E-state index in [9.17, 15) is 4.79 Å². The number of hydrogen-bond donors (Lipinski definition) is 1. The number of benzene rings is 1. The summed E-state index contributed by atoms with van der Waals surface area (Å²) in [6.07, 6.45) is 3.51. The van der Waals surface area contributed by atoms with Gasteiger partial charge in [0.05, 0.1) is 5.69 Å². The normalized spacial score (nSPS) is 18.2. The molecule has 0 atom stereocenters. The van der Waals surface area contributed by atoms with E-state index in [4.69, 9.17) is 10.00 Å². The van der Waals surface area contributed by atoms with E-state index in [1.807, 2.05) is 35.9 Å². The SMILES string of the molecule is Cn1c(C#N)ccc1-c1ccc2c(c1)C1(CCCC1)OC(=O)N2. The summed E-state index contributed by atoms with van der Waals surface area (Å²) in [5.74, 6) is 0. The third-order valence-electron chi connectivity index (χ3n) is 4.98. The fourth-order valence-corrected chi connectivity index (χ4v) is 3.79. The maximum absolute atomic E-state index is 11.9. The topological polar surface area (TPSA) is 67.0 Å². The molecule has 2 heterocycles. The van der Waals surface area contributed by atoms with Crippen LogP contribution in [0.2, 0.25) is 0 Å². The molecule has 2 aromatic rings. The van der Waals surface area contributed by atoms with Gasteiger partial charge in [-0.25, -0.2) is 4.79 Å². The number of nitrogens with one attached hydrogen (secondary N) is 1. The van der Waals surface area contributed by atoms with E-state index in [0.29, 0.717) is 5.69 Å². The van der Waals surface area contributed by atoms with Crippen molar-refractivity contribution in [1.82, 2.24) is 4.57 Å². The molecule has 1 spiro atoms. The van der Waals surface area contributed by atoms with Crippen LogP contribution >= 0.6 is 0 Å². The monoisotopic (exact) mass is 307 g/mol. The van der Waals surface area contributed by atoms with E-state index in [1.165, 1.54) is 0 Å². The molecule has 0 saturated heterocycles. The van der Waals surface area contributed by atoms with Gasteiger partial charge >= 0.3 is 6.09 Å². The number of carbonyl (C=O) groups excluding carboxylic acids is 1. The number of hydrogen-bond acceptors (Lipinski definition) is 3. The van der Waals surface area contributed by atoms with E-state index < -0.39 is 5.60 Å². The van der Waals surface area contributed by atoms with Gasteiger partial charge in [0.2, 0.25) is 0 Å². The molecular weight excluding hydrogens is 290 g/mol. The van der Waals surface area contributed by atoms with Crippen LogP contribution in [0, 0.1) is 11.3 Å². The minimum Gasteiger partial charge on any atom is -0.438 e. The van der Waals surface area contributed by atoms with Crippen LogP contribution in [0.5, 0.6) is 0 Å². The summed E-state index contributed by atoms with van der Waals surface area (Å²) in [4.78, 5) is 11.9. The first kappa shape index (κ1) is 13.9. The average molecular weight is 307 g/mol. The second kappa shape index (κ2) is 4.88. The van der Waals surface area contributed by atoms with Crippen molar-refractivity contribution in [3.8, 4) is 17.3 Å². The molecular formula is C18H17N3O2. The lowest BCUT2D eigenvalue weighted by Gasteiger charge is -2.35. The Balaban J connectivity index is 1.85. The summed E-state index contributed by atoms with van der Waals surface area (Å²) in [5, 5.41) is 11.9. The van der Waals surface area contributed by atoms with Gasteiger partial charge in [0, 0.05) is 18.3 Å². The molecule has 1 aliphatic carbocycles. The number of carbonyl (C=O) groups is 1. The van der Waals surface area contributed by atoms with Gasteiger partial charge in [-0.05, 0) is 55.5 Å². The quantitative estimate of drug-likeness (QED) is 0.869. The number of aromatic nitrogens is 1. The lowest BCUT2D eigenvalue weighted by atomic mass is 9.87. The molecule has 4 rings (SSSR count). The summed E-state index contributed by atoms with van der Waals surface area (Å²) >= 11 is 0. The van der Waals surface area contributed by atoms with Crippen LogP contribution in [-0.4, -0.2) is 10.7 Å². The first-order valence-corrected chi connectivity index (χ1v) is 7.84. The van der Waals surface area contributed by atoms with Crippen molar-refractivity contribution in [3.05, 3.63) is 41.6 Å². The van der Waals surface area contributed by atoms with Crippen LogP contribution in [-0.2, 0) is 17.4 Å². The zero-order chi connectivity index (χ0) is 16.0. The number of nitrogens with zero attached hydrogens (tertiary/aromatic N) is 2. The van der Waals surface area contributed by atoms with Crippen LogP contribution in [0.3, 0.4) is 0 Å². The lowest BCUT2D eigenvalue weighted by molar-refractivity contribution is 0.0170. The smallest absolute Gasteiger partial charge is 0.412 e. The molecule has 0 radical (unpaired) electrons. The van der Waals surface area contributed by atoms with Gasteiger partial charge in [0.1, 0.15) is 17.4 Å². The number of ether oxygens (including phenoxy) is 1. The second-order valence-corrected chi connectivity index (χ2v) is 6.25. The first-order chi connectivity index (χ1) is 11.1. The number of fused-ring (bicyclic) bond motifs is 2. The Morgan fingerprint density at radius 1 is 1.26 bits per heavy atom. The summed E-state index contributed by atoms with van der Waals surface area (Å²) in [6.45, 7) is 0. The second-order valence-electron chi connectivity index (χ2n) is 6.25. The fraction of sp³-hybridized carbons (Fsp3) is 0.333. The maximum Gasteiger partial charge on any atom is 0.412 e. The third kappa shape index (κ3) is 2.02. The molecule has 0 bridgehead atoms. The molecule has 2 aliphatic rings. The highest BCUT2D eigenvalue weighted by atomic mass is 16.6. The molecule has 23 heavy (non-hydrogen) atoms. The van der Waals surface area contributed by atoms with Crippen molar-refractivity contribution in [3.63, 3.8) is 0 Å². The first-order valence-electron chi connectivity index (χ1n) is 7.84. The average Bonchev–Trinajstić information content (AvgIpc) is 3.14. The summed E-state index contributed by atoms with van der Waals surface area (Å²) < 4.78 is 7.58. The standard InChI is InChI=1S/C18H17N3O2/c1-21-13(11-19)5-7-16(21)12-4-6-15-14(10-12)18(8-2-3-9-18)23-17(22)20-15/h4-7,10H,2-3,8-9H2,1H3,(H,20,22). The summed E-state index contributed by atoms with van der Waals surface area (Å²) in [5.41, 5.74) is 4.02. The predicted molar refractivity (Wildman–Crippen MR) is 85.8 cm³/mol. The van der Waals surface area contributed by atoms with Crippen molar-refractivity contribution >= 4 is 11.8 Å². The van der Waals surface area contributed by atoms with Crippen LogP contribution in [0.15, 0.2) is 30.3 Å². The van der Waals surface area contributed by atoms with Gasteiger partial charge in [-0.2, -0.15) is 5.26 Å². The molecule has 1 amide bonds. The summed E-state index contributed by atoms with van der Waals surface area (Å²) in [6, 6.07) is 12.0. The van der Waals surface area contributed by atoms with E-state index in [1.54, 1.807) is 0 Å². The third-order valence-corrected chi connectivity index (χ3v) is 4.98. The number of nitriles is 1. The van der Waals surface area contributed by atoms with Gasteiger partial charge in [-0.3, -0.25) is 5.32 Å². The van der Waals surface area contributed by atoms with Gasteiger partial charge in [-0.15, -0.1) is 0 Å². The molecule has 1 aliphatic heterocycles. The van der Waals surface area contributed by atoms with Crippen molar-refractivity contribution < 1.29 is 9.53 Å². The van der Waals surface area contributed by atoms with Crippen molar-refractivity contribution in [2.75, 3.05) is 5.32 Å². The molecule has 5 heteroatoms. The van der Waals surface area contributed by atoms with Crippen LogP contribution in [0.4, 0.5) is 10.5 Å². The van der Waals surface area contributed by atoms with Crippen LogP contribution in [0.1, 0.15) is 36.9 Å². The lowest BCUT2D eigenvalue weighted by Crippen LogP contribution is -2.37. The van der Waals surface area contributed by atoms with Gasteiger partial charge in [-0.1, -0.05) is 6.07 Å². The zero-order valence-electron chi connectivity index (χ0n) is 12.9. The largest absolute Gasteiger partial charge is 0.438 e.